The van der Waals surface area contributed by atoms with Crippen LogP contribution in [0.15, 0.2) is 36.4 Å². The Morgan fingerprint density at radius 2 is 1.85 bits per heavy atom. The summed E-state index contributed by atoms with van der Waals surface area (Å²) in [6, 6.07) is 8.16. The molecule has 0 fully saturated rings. The minimum Gasteiger partial charge on any atom is -0.495 e. The minimum absolute atomic E-state index is 0.00147. The Bertz CT molecular complexity index is 944. The van der Waals surface area contributed by atoms with Crippen molar-refractivity contribution in [3.05, 3.63) is 63.2 Å². The lowest BCUT2D eigenvalue weighted by atomic mass is 10.1. The molecule has 0 aliphatic carbocycles. The van der Waals surface area contributed by atoms with Crippen molar-refractivity contribution in [1.29, 1.82) is 0 Å². The summed E-state index contributed by atoms with van der Waals surface area (Å²) in [7, 11) is 1.40. The van der Waals surface area contributed by atoms with Gasteiger partial charge >= 0.3 is 5.97 Å². The molecule has 0 radical (unpaired) electrons. The lowest BCUT2D eigenvalue weighted by molar-refractivity contribution is -0.385. The van der Waals surface area contributed by atoms with Gasteiger partial charge in [0.2, 0.25) is 0 Å². The number of nitrogens with one attached hydrogen (secondary N) is 2. The average Bonchev–Trinajstić information content (AvgIpc) is 2.61. The molecule has 0 aliphatic heterocycles. The standard InChI is InChI=1S/C17H15N3O6S/c1-9-3-4-10(8-13(9)20(24)25)15(21)19-17(27)18-12-7-11(16(22)23)5-6-14(12)26-2/h3-8H,1-2H3,(H,22,23)(H2,18,19,21,27). The van der Waals surface area contributed by atoms with Crippen LogP contribution < -0.4 is 15.4 Å². The maximum atomic E-state index is 12.3. The summed E-state index contributed by atoms with van der Waals surface area (Å²) in [4.78, 5) is 33.8. The molecule has 10 heteroatoms. The molecule has 3 N–H and O–H groups in total. The number of methoxy groups -OCH3 is 1. The number of carbonyl (C=O) groups excluding carboxylic acids is 1. The number of hydrogen-bond acceptors (Lipinski definition) is 6. The van der Waals surface area contributed by atoms with Crippen molar-refractivity contribution in [2.45, 2.75) is 6.92 Å². The van der Waals surface area contributed by atoms with Gasteiger partial charge in [-0.25, -0.2) is 4.79 Å². The number of carboxylic acid groups (broad SMARTS) is 1. The van der Waals surface area contributed by atoms with E-state index in [1.165, 1.54) is 37.4 Å². The summed E-state index contributed by atoms with van der Waals surface area (Å²) in [5.41, 5.74) is 0.548. The number of aryl methyl sites for hydroxylation is 1. The van der Waals surface area contributed by atoms with Crippen LogP contribution in [0.3, 0.4) is 0 Å². The van der Waals surface area contributed by atoms with Crippen molar-refractivity contribution in [3.8, 4) is 5.75 Å². The van der Waals surface area contributed by atoms with Gasteiger partial charge in [0, 0.05) is 17.2 Å². The van der Waals surface area contributed by atoms with Crippen molar-refractivity contribution < 1.29 is 24.4 Å². The van der Waals surface area contributed by atoms with Gasteiger partial charge in [-0.15, -0.1) is 0 Å². The molecule has 0 saturated carbocycles. The highest BCUT2D eigenvalue weighted by atomic mass is 32.1. The van der Waals surface area contributed by atoms with E-state index in [1.54, 1.807) is 6.92 Å². The summed E-state index contributed by atoms with van der Waals surface area (Å²) in [6.45, 7) is 1.56. The number of thiocarbonyl (C=S) groups is 1. The van der Waals surface area contributed by atoms with Crippen LogP contribution in [0.5, 0.6) is 5.75 Å². The first kappa shape index (κ1) is 19.8. The molecule has 0 aromatic heterocycles. The maximum absolute atomic E-state index is 12.3. The normalized spacial score (nSPS) is 10.0. The Labute approximate surface area is 159 Å². The molecular formula is C17H15N3O6S. The van der Waals surface area contributed by atoms with Crippen LogP contribution in [0.1, 0.15) is 26.3 Å². The Morgan fingerprint density at radius 1 is 1.19 bits per heavy atom. The molecule has 0 saturated heterocycles. The number of hydrogen-bond donors (Lipinski definition) is 3. The summed E-state index contributed by atoms with van der Waals surface area (Å²) in [5, 5.41) is 25.0. The van der Waals surface area contributed by atoms with Crippen LogP contribution in [-0.2, 0) is 0 Å². The molecule has 9 nitrogen and oxygen atoms in total. The van der Waals surface area contributed by atoms with E-state index in [9.17, 15) is 19.7 Å². The fraction of sp³-hybridized carbons (Fsp3) is 0.118. The summed E-state index contributed by atoms with van der Waals surface area (Å²) in [6.07, 6.45) is 0. The van der Waals surface area contributed by atoms with Crippen molar-refractivity contribution in [2.75, 3.05) is 12.4 Å². The zero-order valence-corrected chi connectivity index (χ0v) is 15.1. The van der Waals surface area contributed by atoms with E-state index in [0.717, 1.165) is 6.07 Å². The highest BCUT2D eigenvalue weighted by molar-refractivity contribution is 7.80. The molecule has 0 heterocycles. The number of nitro benzene ring substituents is 1. The van der Waals surface area contributed by atoms with Crippen molar-refractivity contribution in [3.63, 3.8) is 0 Å². The van der Waals surface area contributed by atoms with E-state index in [4.69, 9.17) is 22.1 Å². The molecular weight excluding hydrogens is 374 g/mol. The number of carboxylic acids is 1. The minimum atomic E-state index is -1.14. The van der Waals surface area contributed by atoms with Gasteiger partial charge in [0.25, 0.3) is 11.6 Å². The number of nitrogens with zero attached hydrogens (tertiary/aromatic N) is 1. The second kappa shape index (κ2) is 8.23. The third-order valence-electron chi connectivity index (χ3n) is 3.59. The van der Waals surface area contributed by atoms with Crippen molar-refractivity contribution in [1.82, 2.24) is 5.32 Å². The van der Waals surface area contributed by atoms with Crippen LogP contribution in [0, 0.1) is 17.0 Å². The highest BCUT2D eigenvalue weighted by Crippen LogP contribution is 2.25. The molecule has 0 atom stereocenters. The molecule has 0 spiro atoms. The second-order valence-corrected chi connectivity index (χ2v) is 5.80. The zero-order valence-electron chi connectivity index (χ0n) is 14.3. The predicted octanol–water partition coefficient (Wildman–Crippen LogP) is 2.74. The molecule has 2 rings (SSSR count). The largest absolute Gasteiger partial charge is 0.495 e. The van der Waals surface area contributed by atoms with Crippen LogP contribution in [0.4, 0.5) is 11.4 Å². The maximum Gasteiger partial charge on any atom is 0.335 e. The summed E-state index contributed by atoms with van der Waals surface area (Å²) >= 11 is 5.06. The van der Waals surface area contributed by atoms with Gasteiger partial charge in [0.05, 0.1) is 23.3 Å². The quantitative estimate of drug-likeness (QED) is 0.404. The molecule has 1 amide bonds. The number of nitro groups is 1. The smallest absolute Gasteiger partial charge is 0.335 e. The van der Waals surface area contributed by atoms with Gasteiger partial charge in [-0.2, -0.15) is 0 Å². The van der Waals surface area contributed by atoms with Crippen LogP contribution >= 0.6 is 12.2 Å². The highest BCUT2D eigenvalue weighted by Gasteiger charge is 2.16. The molecule has 2 aromatic carbocycles. The predicted molar refractivity (Wildman–Crippen MR) is 101 cm³/mol. The van der Waals surface area contributed by atoms with E-state index in [0.29, 0.717) is 11.3 Å². The lowest BCUT2D eigenvalue weighted by Crippen LogP contribution is -2.34. The van der Waals surface area contributed by atoms with Gasteiger partial charge in [0.1, 0.15) is 5.75 Å². The molecule has 140 valence electrons. The van der Waals surface area contributed by atoms with Gasteiger partial charge in [-0.05, 0) is 43.4 Å². The van der Waals surface area contributed by atoms with Gasteiger partial charge in [-0.1, -0.05) is 6.07 Å². The van der Waals surface area contributed by atoms with Gasteiger partial charge < -0.3 is 15.2 Å². The number of amides is 1. The number of aromatic carboxylic acids is 1. The van der Waals surface area contributed by atoms with Crippen molar-refractivity contribution >= 4 is 40.6 Å². The monoisotopic (exact) mass is 389 g/mol. The SMILES string of the molecule is COc1ccc(C(=O)O)cc1NC(=S)NC(=O)c1ccc(C)c([N+](=O)[O-])c1. The molecule has 0 unspecified atom stereocenters. The van der Waals surface area contributed by atoms with Gasteiger partial charge in [0.15, 0.2) is 5.11 Å². The average molecular weight is 389 g/mol. The fourth-order valence-corrected chi connectivity index (χ4v) is 2.42. The Hall–Kier alpha value is -3.53. The molecule has 0 aliphatic rings. The number of carbonyl (C=O) groups is 2. The number of ether oxygens (including phenoxy) is 1. The topological polar surface area (TPSA) is 131 Å². The molecule has 2 aromatic rings. The number of rotatable bonds is 5. The first-order chi connectivity index (χ1) is 12.7. The fourth-order valence-electron chi connectivity index (χ4n) is 2.21. The van der Waals surface area contributed by atoms with Crippen LogP contribution in [0.25, 0.3) is 0 Å². The Kier molecular flexibility index (Phi) is 6.03. The zero-order chi connectivity index (χ0) is 20.1. The van der Waals surface area contributed by atoms with E-state index >= 15 is 0 Å². The van der Waals surface area contributed by atoms with Gasteiger partial charge in [-0.3, -0.25) is 20.2 Å². The third-order valence-corrected chi connectivity index (χ3v) is 3.79. The Morgan fingerprint density at radius 3 is 2.44 bits per heavy atom. The first-order valence-electron chi connectivity index (χ1n) is 7.51. The number of anilines is 1. The third kappa shape index (κ3) is 4.76. The lowest BCUT2D eigenvalue weighted by Gasteiger charge is -2.13. The number of benzene rings is 2. The van der Waals surface area contributed by atoms with Crippen LogP contribution in [0.2, 0.25) is 0 Å². The molecule has 27 heavy (non-hydrogen) atoms. The van der Waals surface area contributed by atoms with E-state index in [2.05, 4.69) is 10.6 Å². The Balaban J connectivity index is 2.17. The first-order valence-corrected chi connectivity index (χ1v) is 7.92. The summed E-state index contributed by atoms with van der Waals surface area (Å²) < 4.78 is 5.12. The second-order valence-electron chi connectivity index (χ2n) is 5.39. The van der Waals surface area contributed by atoms with E-state index in [-0.39, 0.29) is 27.6 Å². The van der Waals surface area contributed by atoms with E-state index in [1.807, 2.05) is 0 Å². The van der Waals surface area contributed by atoms with Crippen molar-refractivity contribution in [2.24, 2.45) is 0 Å². The summed E-state index contributed by atoms with van der Waals surface area (Å²) in [5.74, 6) is -1.46. The van der Waals surface area contributed by atoms with Crippen LogP contribution in [-0.4, -0.2) is 34.1 Å². The van der Waals surface area contributed by atoms with E-state index < -0.39 is 16.8 Å². The molecule has 0 bridgehead atoms.